The molecule has 21 heavy (non-hydrogen) atoms. The SMILES string of the molecule is CCC1(CC)CN(c2cc(C)nc(C)c2C#N)CCS1=O. The van der Waals surface area contributed by atoms with Gasteiger partial charge >= 0.3 is 0 Å². The zero-order valence-electron chi connectivity index (χ0n) is 13.3. The minimum absolute atomic E-state index is 0.157. The molecule has 0 saturated carbocycles. The molecule has 0 amide bonds. The maximum atomic E-state index is 12.5. The Kier molecular flexibility index (Phi) is 4.67. The number of hydrogen-bond acceptors (Lipinski definition) is 4. The van der Waals surface area contributed by atoms with Crippen LogP contribution in [-0.4, -0.2) is 32.8 Å². The van der Waals surface area contributed by atoms with E-state index in [1.165, 1.54) is 0 Å². The van der Waals surface area contributed by atoms with Gasteiger partial charge < -0.3 is 4.90 Å². The van der Waals surface area contributed by atoms with E-state index in [1.54, 1.807) is 0 Å². The first-order valence-corrected chi connectivity index (χ1v) is 8.81. The molecule has 1 aromatic heterocycles. The average molecular weight is 305 g/mol. The van der Waals surface area contributed by atoms with E-state index >= 15 is 0 Å². The minimum atomic E-state index is -0.791. The largest absolute Gasteiger partial charge is 0.368 e. The zero-order valence-corrected chi connectivity index (χ0v) is 14.1. The molecule has 1 aromatic rings. The summed E-state index contributed by atoms with van der Waals surface area (Å²) in [5.74, 6) is 0.674. The maximum Gasteiger partial charge on any atom is 0.103 e. The number of rotatable bonds is 3. The van der Waals surface area contributed by atoms with Crippen molar-refractivity contribution < 1.29 is 4.21 Å². The predicted molar refractivity (Wildman–Crippen MR) is 87.0 cm³/mol. The highest BCUT2D eigenvalue weighted by atomic mass is 32.2. The van der Waals surface area contributed by atoms with E-state index in [4.69, 9.17) is 0 Å². The van der Waals surface area contributed by atoms with Crippen molar-refractivity contribution in [3.63, 3.8) is 0 Å². The molecule has 0 aliphatic carbocycles. The molecule has 0 bridgehead atoms. The van der Waals surface area contributed by atoms with E-state index in [9.17, 15) is 9.47 Å². The van der Waals surface area contributed by atoms with Gasteiger partial charge in [-0.05, 0) is 32.8 Å². The monoisotopic (exact) mass is 305 g/mol. The van der Waals surface area contributed by atoms with E-state index in [0.717, 1.165) is 43.0 Å². The standard InChI is InChI=1S/C16H23N3OS/c1-5-16(6-2)11-19(7-8-21(16)20)15-9-12(3)18-13(4)14(15)10-17/h9H,5-8,11H2,1-4H3. The molecule has 1 aliphatic rings. The Morgan fingerprint density at radius 2 is 2.10 bits per heavy atom. The lowest BCUT2D eigenvalue weighted by Crippen LogP contribution is -2.53. The highest BCUT2D eigenvalue weighted by Crippen LogP contribution is 2.33. The Balaban J connectivity index is 2.44. The summed E-state index contributed by atoms with van der Waals surface area (Å²) in [7, 11) is -0.791. The molecule has 0 radical (unpaired) electrons. The van der Waals surface area contributed by atoms with Gasteiger partial charge in [0.15, 0.2) is 0 Å². The van der Waals surface area contributed by atoms with Crippen molar-refractivity contribution in [2.75, 3.05) is 23.7 Å². The molecule has 1 atom stereocenters. The summed E-state index contributed by atoms with van der Waals surface area (Å²) in [5.41, 5.74) is 3.30. The molecule has 2 heterocycles. The number of nitrogens with zero attached hydrogens (tertiary/aromatic N) is 3. The lowest BCUT2D eigenvalue weighted by molar-refractivity contribution is 0.496. The smallest absolute Gasteiger partial charge is 0.103 e. The maximum absolute atomic E-state index is 12.5. The van der Waals surface area contributed by atoms with E-state index in [1.807, 2.05) is 19.9 Å². The normalized spacial score (nSPS) is 21.1. The van der Waals surface area contributed by atoms with Crippen LogP contribution in [0, 0.1) is 25.2 Å². The van der Waals surface area contributed by atoms with Gasteiger partial charge in [-0.15, -0.1) is 0 Å². The summed E-state index contributed by atoms with van der Waals surface area (Å²) >= 11 is 0. The number of hydrogen-bond donors (Lipinski definition) is 0. The van der Waals surface area contributed by atoms with Crippen LogP contribution < -0.4 is 4.90 Å². The van der Waals surface area contributed by atoms with Gasteiger partial charge in [0.05, 0.1) is 21.7 Å². The fourth-order valence-electron chi connectivity index (χ4n) is 3.11. The van der Waals surface area contributed by atoms with E-state index in [0.29, 0.717) is 11.3 Å². The number of nitriles is 1. The first-order chi connectivity index (χ1) is 9.97. The molecule has 0 spiro atoms. The lowest BCUT2D eigenvalue weighted by Gasteiger charge is -2.42. The Bertz CT molecular complexity index is 602. The number of aromatic nitrogens is 1. The molecule has 4 nitrogen and oxygen atoms in total. The molecule has 0 aromatic carbocycles. The van der Waals surface area contributed by atoms with Crippen molar-refractivity contribution in [1.29, 1.82) is 5.26 Å². The van der Waals surface area contributed by atoms with Crippen LogP contribution in [0.15, 0.2) is 6.07 Å². The summed E-state index contributed by atoms with van der Waals surface area (Å²) in [6.45, 7) is 9.55. The van der Waals surface area contributed by atoms with Crippen LogP contribution in [0.4, 0.5) is 5.69 Å². The third-order valence-electron chi connectivity index (χ3n) is 4.56. The number of aryl methyl sites for hydroxylation is 2. The summed E-state index contributed by atoms with van der Waals surface area (Å²) in [6, 6.07) is 4.26. The third kappa shape index (κ3) is 2.82. The van der Waals surface area contributed by atoms with Crippen LogP contribution in [0.3, 0.4) is 0 Å². The second-order valence-corrected chi connectivity index (χ2v) is 7.68. The molecule has 2 rings (SSSR count). The van der Waals surface area contributed by atoms with Crippen molar-refractivity contribution in [2.24, 2.45) is 0 Å². The van der Waals surface area contributed by atoms with E-state index in [2.05, 4.69) is 29.8 Å². The first kappa shape index (κ1) is 16.0. The van der Waals surface area contributed by atoms with E-state index < -0.39 is 10.8 Å². The van der Waals surface area contributed by atoms with Crippen molar-refractivity contribution in [1.82, 2.24) is 4.98 Å². The van der Waals surface area contributed by atoms with Crippen LogP contribution in [0.2, 0.25) is 0 Å². The van der Waals surface area contributed by atoms with Crippen LogP contribution >= 0.6 is 0 Å². The molecule has 1 saturated heterocycles. The molecule has 5 heteroatoms. The van der Waals surface area contributed by atoms with E-state index in [-0.39, 0.29) is 4.75 Å². The van der Waals surface area contributed by atoms with Gasteiger partial charge in [0.2, 0.25) is 0 Å². The fraction of sp³-hybridized carbons (Fsp3) is 0.625. The van der Waals surface area contributed by atoms with Gasteiger partial charge in [0.1, 0.15) is 6.07 Å². The Morgan fingerprint density at radius 3 is 2.67 bits per heavy atom. The highest BCUT2D eigenvalue weighted by Gasteiger charge is 2.39. The Hall–Kier alpha value is -1.41. The predicted octanol–water partition coefficient (Wildman–Crippen LogP) is 2.70. The van der Waals surface area contributed by atoms with Gasteiger partial charge in [0, 0.05) is 35.3 Å². The lowest BCUT2D eigenvalue weighted by atomic mass is 10.00. The van der Waals surface area contributed by atoms with Crippen LogP contribution in [0.5, 0.6) is 0 Å². The molecule has 1 aliphatic heterocycles. The van der Waals surface area contributed by atoms with Crippen LogP contribution in [0.1, 0.15) is 43.6 Å². The minimum Gasteiger partial charge on any atom is -0.368 e. The summed E-state index contributed by atoms with van der Waals surface area (Å²) in [6.07, 6.45) is 1.80. The first-order valence-electron chi connectivity index (χ1n) is 7.49. The molecule has 0 N–H and O–H groups in total. The van der Waals surface area contributed by atoms with Crippen molar-refractivity contribution >= 4 is 16.5 Å². The second-order valence-electron chi connectivity index (χ2n) is 5.72. The van der Waals surface area contributed by atoms with Crippen LogP contribution in [-0.2, 0) is 10.8 Å². The Morgan fingerprint density at radius 1 is 1.43 bits per heavy atom. The van der Waals surface area contributed by atoms with Gasteiger partial charge in [-0.3, -0.25) is 9.19 Å². The van der Waals surface area contributed by atoms with Gasteiger partial charge in [-0.1, -0.05) is 13.8 Å². The molecular weight excluding hydrogens is 282 g/mol. The average Bonchev–Trinajstić information content (AvgIpc) is 2.47. The molecular formula is C16H23N3OS. The molecule has 1 fully saturated rings. The number of pyridine rings is 1. The number of anilines is 1. The Labute approximate surface area is 129 Å². The quantitative estimate of drug-likeness (QED) is 0.861. The molecule has 114 valence electrons. The highest BCUT2D eigenvalue weighted by molar-refractivity contribution is 7.86. The van der Waals surface area contributed by atoms with Crippen molar-refractivity contribution in [2.45, 2.75) is 45.3 Å². The van der Waals surface area contributed by atoms with Gasteiger partial charge in [-0.2, -0.15) is 5.26 Å². The topological polar surface area (TPSA) is 57.0 Å². The zero-order chi connectivity index (χ0) is 15.6. The van der Waals surface area contributed by atoms with Crippen molar-refractivity contribution in [3.8, 4) is 6.07 Å². The van der Waals surface area contributed by atoms with Crippen LogP contribution in [0.25, 0.3) is 0 Å². The van der Waals surface area contributed by atoms with Gasteiger partial charge in [-0.25, -0.2) is 0 Å². The molecule has 1 unspecified atom stereocenters. The fourth-order valence-corrected chi connectivity index (χ4v) is 4.87. The third-order valence-corrected chi connectivity index (χ3v) is 6.78. The summed E-state index contributed by atoms with van der Waals surface area (Å²) in [5, 5.41) is 9.44. The second kappa shape index (κ2) is 6.15. The van der Waals surface area contributed by atoms with Crippen molar-refractivity contribution in [3.05, 3.63) is 23.0 Å². The van der Waals surface area contributed by atoms with Gasteiger partial charge in [0.25, 0.3) is 0 Å². The summed E-state index contributed by atoms with van der Waals surface area (Å²) in [4.78, 5) is 6.61. The summed E-state index contributed by atoms with van der Waals surface area (Å²) < 4.78 is 12.3.